The number of ether oxygens (including phenoxy) is 2. The van der Waals surface area contributed by atoms with Crippen molar-refractivity contribution in [3.8, 4) is 0 Å². The summed E-state index contributed by atoms with van der Waals surface area (Å²) in [6.45, 7) is 4.07. The fourth-order valence-corrected chi connectivity index (χ4v) is 3.77. The molecular weight excluding hydrogens is 335 g/mol. The van der Waals surface area contributed by atoms with Gasteiger partial charge in [0.25, 0.3) is 5.91 Å². The summed E-state index contributed by atoms with van der Waals surface area (Å²) < 4.78 is 25.6. The Morgan fingerprint density at radius 2 is 2.33 bits per heavy atom. The molecule has 128 valence electrons. The van der Waals surface area contributed by atoms with E-state index in [1.807, 2.05) is 6.92 Å². The second kappa shape index (κ2) is 5.72. The summed E-state index contributed by atoms with van der Waals surface area (Å²) in [5, 5.41) is 0.658. The Kier molecular flexibility index (Phi) is 3.78. The molecule has 1 spiro atoms. The number of aromatic nitrogens is 1. The van der Waals surface area contributed by atoms with Crippen molar-refractivity contribution in [2.75, 3.05) is 26.3 Å². The van der Waals surface area contributed by atoms with Gasteiger partial charge in [-0.3, -0.25) is 4.79 Å². The van der Waals surface area contributed by atoms with E-state index >= 15 is 0 Å². The summed E-state index contributed by atoms with van der Waals surface area (Å²) >= 11 is 5.81. The zero-order chi connectivity index (χ0) is 16.9. The van der Waals surface area contributed by atoms with Crippen LogP contribution < -0.4 is 0 Å². The summed E-state index contributed by atoms with van der Waals surface area (Å²) in [6, 6.07) is 4.85. The Morgan fingerprint density at radius 3 is 3.08 bits per heavy atom. The standard InChI is InChI=1S/C17H18ClFN2O3/c1-10-7-21(8-17(24-10)4-5-23-9-17)16(22)13-6-11-2-3-12(18)14(19)15(11)20-13/h2-3,6,10,20H,4-5,7-9H2,1H3. The van der Waals surface area contributed by atoms with E-state index in [0.29, 0.717) is 37.4 Å². The molecular formula is C17H18ClFN2O3. The van der Waals surface area contributed by atoms with Crippen LogP contribution in [0.3, 0.4) is 0 Å². The van der Waals surface area contributed by atoms with Crippen LogP contribution in [-0.2, 0) is 9.47 Å². The average Bonchev–Trinajstić information content (AvgIpc) is 3.17. The summed E-state index contributed by atoms with van der Waals surface area (Å²) in [5.41, 5.74) is 0.189. The number of nitrogens with one attached hydrogen (secondary N) is 1. The van der Waals surface area contributed by atoms with Gasteiger partial charge in [0, 0.05) is 25.0 Å². The number of halogens is 2. The number of hydrogen-bond donors (Lipinski definition) is 1. The van der Waals surface area contributed by atoms with Crippen molar-refractivity contribution in [2.45, 2.75) is 25.0 Å². The second-order valence-corrected chi connectivity index (χ2v) is 7.02. The van der Waals surface area contributed by atoms with E-state index in [9.17, 15) is 9.18 Å². The van der Waals surface area contributed by atoms with Crippen molar-refractivity contribution in [3.63, 3.8) is 0 Å². The molecule has 1 aromatic heterocycles. The molecule has 2 aliphatic rings. The number of hydrogen-bond acceptors (Lipinski definition) is 3. The van der Waals surface area contributed by atoms with E-state index in [1.54, 1.807) is 17.0 Å². The predicted octanol–water partition coefficient (Wildman–Crippen LogP) is 2.98. The van der Waals surface area contributed by atoms with Gasteiger partial charge in [-0.1, -0.05) is 17.7 Å². The summed E-state index contributed by atoms with van der Waals surface area (Å²) in [5.74, 6) is -0.702. The molecule has 2 aliphatic heterocycles. The van der Waals surface area contributed by atoms with Gasteiger partial charge in [-0.05, 0) is 19.1 Å². The van der Waals surface area contributed by atoms with Crippen molar-refractivity contribution >= 4 is 28.4 Å². The van der Waals surface area contributed by atoms with Crippen molar-refractivity contribution in [3.05, 3.63) is 34.7 Å². The van der Waals surface area contributed by atoms with Crippen molar-refractivity contribution in [1.82, 2.24) is 9.88 Å². The summed E-state index contributed by atoms with van der Waals surface area (Å²) in [7, 11) is 0. The Labute approximate surface area is 143 Å². The highest BCUT2D eigenvalue weighted by Crippen LogP contribution is 2.31. The Balaban J connectivity index is 1.64. The van der Waals surface area contributed by atoms with Gasteiger partial charge < -0.3 is 19.4 Å². The third-order valence-electron chi connectivity index (χ3n) is 4.68. The maximum atomic E-state index is 14.1. The Morgan fingerprint density at radius 1 is 1.50 bits per heavy atom. The van der Waals surface area contributed by atoms with Gasteiger partial charge >= 0.3 is 0 Å². The number of rotatable bonds is 1. The van der Waals surface area contributed by atoms with Crippen LogP contribution >= 0.6 is 11.6 Å². The second-order valence-electron chi connectivity index (χ2n) is 6.61. The fraction of sp³-hybridized carbons (Fsp3) is 0.471. The first-order valence-corrected chi connectivity index (χ1v) is 8.37. The minimum atomic E-state index is -0.538. The topological polar surface area (TPSA) is 54.6 Å². The van der Waals surface area contributed by atoms with Gasteiger partial charge in [-0.15, -0.1) is 0 Å². The average molecular weight is 353 g/mol. The highest BCUT2D eigenvalue weighted by atomic mass is 35.5. The normalized spacial score (nSPS) is 27.3. The molecule has 7 heteroatoms. The van der Waals surface area contributed by atoms with Crippen molar-refractivity contribution < 1.29 is 18.7 Å². The number of fused-ring (bicyclic) bond motifs is 1. The molecule has 0 bridgehead atoms. The highest BCUT2D eigenvalue weighted by molar-refractivity contribution is 6.31. The molecule has 0 aliphatic carbocycles. The molecule has 2 aromatic rings. The Hall–Kier alpha value is -1.63. The van der Waals surface area contributed by atoms with E-state index in [0.717, 1.165) is 6.42 Å². The third kappa shape index (κ3) is 2.59. The van der Waals surface area contributed by atoms with Gasteiger partial charge in [0.05, 0.1) is 29.8 Å². The van der Waals surface area contributed by atoms with Crippen LogP contribution in [0.4, 0.5) is 4.39 Å². The number of nitrogens with zero attached hydrogens (tertiary/aromatic N) is 1. The number of morpholine rings is 1. The van der Waals surface area contributed by atoms with Gasteiger partial charge in [-0.25, -0.2) is 4.39 Å². The van der Waals surface area contributed by atoms with Gasteiger partial charge in [0.1, 0.15) is 11.3 Å². The largest absolute Gasteiger partial charge is 0.378 e. The lowest BCUT2D eigenvalue weighted by molar-refractivity contribution is -0.138. The molecule has 2 atom stereocenters. The zero-order valence-corrected chi connectivity index (χ0v) is 14.0. The monoisotopic (exact) mass is 352 g/mol. The molecule has 3 heterocycles. The van der Waals surface area contributed by atoms with Gasteiger partial charge in [0.15, 0.2) is 5.82 Å². The minimum absolute atomic E-state index is 0.0328. The molecule has 1 aromatic carbocycles. The van der Waals surface area contributed by atoms with Crippen LogP contribution in [0.1, 0.15) is 23.8 Å². The first kappa shape index (κ1) is 15.9. The molecule has 24 heavy (non-hydrogen) atoms. The lowest BCUT2D eigenvalue weighted by Gasteiger charge is -2.42. The van der Waals surface area contributed by atoms with Gasteiger partial charge in [-0.2, -0.15) is 0 Å². The van der Waals surface area contributed by atoms with Gasteiger partial charge in [0.2, 0.25) is 0 Å². The molecule has 1 N–H and O–H groups in total. The molecule has 0 radical (unpaired) electrons. The minimum Gasteiger partial charge on any atom is -0.378 e. The summed E-state index contributed by atoms with van der Waals surface area (Å²) in [4.78, 5) is 17.5. The first-order valence-electron chi connectivity index (χ1n) is 7.99. The number of amides is 1. The van der Waals surface area contributed by atoms with Crippen LogP contribution in [0.5, 0.6) is 0 Å². The third-order valence-corrected chi connectivity index (χ3v) is 4.97. The maximum Gasteiger partial charge on any atom is 0.270 e. The molecule has 5 nitrogen and oxygen atoms in total. The number of H-pyrrole nitrogens is 1. The first-order chi connectivity index (χ1) is 11.5. The predicted molar refractivity (Wildman–Crippen MR) is 87.9 cm³/mol. The number of carbonyl (C=O) groups is 1. The quantitative estimate of drug-likeness (QED) is 0.858. The lowest BCUT2D eigenvalue weighted by Crippen LogP contribution is -2.57. The van der Waals surface area contributed by atoms with Crippen LogP contribution in [0, 0.1) is 5.82 Å². The fourth-order valence-electron chi connectivity index (χ4n) is 3.61. The SMILES string of the molecule is CC1CN(C(=O)c2cc3ccc(Cl)c(F)c3[nH]2)CC2(CCOC2)O1. The van der Waals surface area contributed by atoms with E-state index in [4.69, 9.17) is 21.1 Å². The van der Waals surface area contributed by atoms with E-state index < -0.39 is 11.4 Å². The number of benzene rings is 1. The van der Waals surface area contributed by atoms with Crippen LogP contribution in [0.2, 0.25) is 5.02 Å². The van der Waals surface area contributed by atoms with Crippen molar-refractivity contribution in [2.24, 2.45) is 0 Å². The van der Waals surface area contributed by atoms with Crippen LogP contribution in [-0.4, -0.2) is 53.8 Å². The summed E-state index contributed by atoms with van der Waals surface area (Å²) in [6.07, 6.45) is 0.706. The molecule has 2 saturated heterocycles. The molecule has 2 unspecified atom stereocenters. The highest BCUT2D eigenvalue weighted by Gasteiger charge is 2.44. The lowest BCUT2D eigenvalue weighted by atomic mass is 9.99. The number of aromatic amines is 1. The van der Waals surface area contributed by atoms with E-state index in [2.05, 4.69) is 4.98 Å². The Bertz CT molecular complexity index is 800. The molecule has 1 amide bonds. The van der Waals surface area contributed by atoms with E-state index in [1.165, 1.54) is 6.07 Å². The van der Waals surface area contributed by atoms with Crippen LogP contribution in [0.25, 0.3) is 10.9 Å². The number of carbonyl (C=O) groups excluding carboxylic acids is 1. The van der Waals surface area contributed by atoms with Crippen LogP contribution in [0.15, 0.2) is 18.2 Å². The molecule has 2 fully saturated rings. The van der Waals surface area contributed by atoms with Crippen molar-refractivity contribution in [1.29, 1.82) is 0 Å². The smallest absolute Gasteiger partial charge is 0.270 e. The van der Waals surface area contributed by atoms with E-state index in [-0.39, 0.29) is 22.6 Å². The molecule has 0 saturated carbocycles. The zero-order valence-electron chi connectivity index (χ0n) is 13.3. The molecule has 4 rings (SSSR count). The maximum absolute atomic E-state index is 14.1.